The van der Waals surface area contributed by atoms with Crippen LogP contribution in [0.3, 0.4) is 0 Å². The third kappa shape index (κ3) is 5.45. The second-order valence-electron chi connectivity index (χ2n) is 6.34. The molecule has 1 atom stereocenters. The Kier molecular flexibility index (Phi) is 5.45. The molecule has 5 nitrogen and oxygen atoms in total. The van der Waals surface area contributed by atoms with E-state index in [9.17, 15) is 9.90 Å². The molecule has 0 aliphatic carbocycles. The molecule has 1 heterocycles. The molecule has 1 aromatic heterocycles. The van der Waals surface area contributed by atoms with E-state index in [1.165, 1.54) is 0 Å². The minimum Gasteiger partial charge on any atom is -0.467 e. The molecule has 0 spiro atoms. The molecule has 0 saturated heterocycles. The maximum Gasteiger partial charge on any atom is 0.318 e. The molecule has 2 amide bonds. The summed E-state index contributed by atoms with van der Waals surface area (Å²) in [6.07, 6.45) is 1.58. The maximum absolute atomic E-state index is 12.6. The van der Waals surface area contributed by atoms with Gasteiger partial charge in [0.1, 0.15) is 5.76 Å². The number of amides is 2. The van der Waals surface area contributed by atoms with Gasteiger partial charge < -0.3 is 19.7 Å². The summed E-state index contributed by atoms with van der Waals surface area (Å²) in [5.41, 5.74) is 0.0394. The highest BCUT2D eigenvalue weighted by atomic mass is 16.3. The monoisotopic (exact) mass is 316 g/mol. The first-order valence-corrected chi connectivity index (χ1v) is 7.70. The van der Waals surface area contributed by atoms with E-state index in [-0.39, 0.29) is 18.6 Å². The second kappa shape index (κ2) is 7.33. The zero-order valence-electron chi connectivity index (χ0n) is 13.8. The molecule has 0 aliphatic rings. The van der Waals surface area contributed by atoms with Crippen molar-refractivity contribution in [3.63, 3.8) is 0 Å². The van der Waals surface area contributed by atoms with Crippen LogP contribution in [0.25, 0.3) is 0 Å². The van der Waals surface area contributed by atoms with E-state index >= 15 is 0 Å². The zero-order valence-corrected chi connectivity index (χ0v) is 13.8. The van der Waals surface area contributed by atoms with Crippen LogP contribution in [0, 0.1) is 0 Å². The summed E-state index contributed by atoms with van der Waals surface area (Å²) in [6, 6.07) is 12.8. The number of nitrogens with zero attached hydrogens (tertiary/aromatic N) is 1. The van der Waals surface area contributed by atoms with Gasteiger partial charge in [-0.1, -0.05) is 30.3 Å². The molecule has 0 fully saturated rings. The number of rotatable bonds is 6. The lowest BCUT2D eigenvalue weighted by molar-refractivity contribution is 0.0442. The standard InChI is InChI=1S/C18H24N2O3/c1-14(16-10-7-11-23-16)19-17(21)20(13-18(2,3)22)12-15-8-5-4-6-9-15/h4-11,14,22H,12-13H2,1-3H3,(H,19,21). The molecule has 0 bridgehead atoms. The van der Waals surface area contributed by atoms with Crippen molar-refractivity contribution in [3.8, 4) is 0 Å². The topological polar surface area (TPSA) is 65.7 Å². The van der Waals surface area contributed by atoms with E-state index in [0.717, 1.165) is 5.56 Å². The third-order valence-corrected chi connectivity index (χ3v) is 3.39. The Labute approximate surface area is 136 Å². The molecule has 1 unspecified atom stereocenters. The first-order valence-electron chi connectivity index (χ1n) is 7.70. The van der Waals surface area contributed by atoms with Crippen LogP contribution in [0.2, 0.25) is 0 Å². The van der Waals surface area contributed by atoms with Crippen LogP contribution in [0.1, 0.15) is 38.1 Å². The molecule has 23 heavy (non-hydrogen) atoms. The Morgan fingerprint density at radius 2 is 1.96 bits per heavy atom. The number of aliphatic hydroxyl groups is 1. The van der Waals surface area contributed by atoms with Gasteiger partial charge in [-0.25, -0.2) is 4.79 Å². The first kappa shape index (κ1) is 17.1. The van der Waals surface area contributed by atoms with Crippen LogP contribution >= 0.6 is 0 Å². The largest absolute Gasteiger partial charge is 0.467 e. The minimum absolute atomic E-state index is 0.235. The molecule has 0 aliphatic heterocycles. The lowest BCUT2D eigenvalue weighted by Gasteiger charge is -2.30. The summed E-state index contributed by atoms with van der Waals surface area (Å²) in [5, 5.41) is 13.0. The van der Waals surface area contributed by atoms with E-state index in [1.54, 1.807) is 31.1 Å². The number of carbonyl (C=O) groups is 1. The van der Waals surface area contributed by atoms with Gasteiger partial charge in [0.25, 0.3) is 0 Å². The van der Waals surface area contributed by atoms with Crippen molar-refractivity contribution in [2.45, 2.75) is 39.0 Å². The lowest BCUT2D eigenvalue weighted by Crippen LogP contribution is -2.47. The molecular formula is C18H24N2O3. The van der Waals surface area contributed by atoms with E-state index in [0.29, 0.717) is 12.3 Å². The first-order chi connectivity index (χ1) is 10.8. The van der Waals surface area contributed by atoms with Crippen LogP contribution in [0.15, 0.2) is 53.1 Å². The van der Waals surface area contributed by atoms with Gasteiger partial charge in [0.15, 0.2) is 0 Å². The SMILES string of the molecule is CC(NC(=O)N(Cc1ccccc1)CC(C)(C)O)c1ccco1. The summed E-state index contributed by atoms with van der Waals surface area (Å²) < 4.78 is 5.31. The van der Waals surface area contributed by atoms with Crippen LogP contribution in [0.4, 0.5) is 4.79 Å². The van der Waals surface area contributed by atoms with Crippen molar-refractivity contribution in [3.05, 3.63) is 60.1 Å². The van der Waals surface area contributed by atoms with Gasteiger partial charge in [0.2, 0.25) is 0 Å². The van der Waals surface area contributed by atoms with Crippen LogP contribution in [-0.4, -0.2) is 28.2 Å². The molecule has 2 N–H and O–H groups in total. The Morgan fingerprint density at radius 3 is 2.52 bits per heavy atom. The Balaban J connectivity index is 2.07. The predicted octanol–water partition coefficient (Wildman–Crippen LogP) is 3.32. The molecule has 2 rings (SSSR count). The van der Waals surface area contributed by atoms with Crippen molar-refractivity contribution in [1.82, 2.24) is 10.2 Å². The highest BCUT2D eigenvalue weighted by molar-refractivity contribution is 5.74. The summed E-state index contributed by atoms with van der Waals surface area (Å²) in [7, 11) is 0. The van der Waals surface area contributed by atoms with Crippen LogP contribution in [-0.2, 0) is 6.54 Å². The van der Waals surface area contributed by atoms with Gasteiger partial charge in [-0.15, -0.1) is 0 Å². The smallest absolute Gasteiger partial charge is 0.318 e. The average Bonchev–Trinajstić information content (AvgIpc) is 3.00. The van der Waals surface area contributed by atoms with Gasteiger partial charge in [0.05, 0.1) is 24.5 Å². The number of furan rings is 1. The second-order valence-corrected chi connectivity index (χ2v) is 6.34. The van der Waals surface area contributed by atoms with Crippen molar-refractivity contribution < 1.29 is 14.3 Å². The summed E-state index contributed by atoms with van der Waals surface area (Å²) in [4.78, 5) is 14.2. The fraction of sp³-hybridized carbons (Fsp3) is 0.389. The quantitative estimate of drug-likeness (QED) is 0.859. The van der Waals surface area contributed by atoms with Crippen LogP contribution in [0.5, 0.6) is 0 Å². The number of hydrogen-bond acceptors (Lipinski definition) is 3. The number of nitrogens with one attached hydrogen (secondary N) is 1. The van der Waals surface area contributed by atoms with Gasteiger partial charge in [-0.2, -0.15) is 0 Å². The molecule has 5 heteroatoms. The van der Waals surface area contributed by atoms with Gasteiger partial charge in [-0.3, -0.25) is 0 Å². The van der Waals surface area contributed by atoms with Gasteiger partial charge >= 0.3 is 6.03 Å². The van der Waals surface area contributed by atoms with Gasteiger partial charge in [0, 0.05) is 6.54 Å². The third-order valence-electron chi connectivity index (χ3n) is 3.39. The predicted molar refractivity (Wildman–Crippen MR) is 88.8 cm³/mol. The van der Waals surface area contributed by atoms with Gasteiger partial charge in [-0.05, 0) is 38.5 Å². The number of benzene rings is 1. The number of urea groups is 1. The Hall–Kier alpha value is -2.27. The number of hydrogen-bond donors (Lipinski definition) is 2. The molecule has 0 saturated carbocycles. The van der Waals surface area contributed by atoms with E-state index in [1.807, 2.05) is 43.3 Å². The molecule has 2 aromatic rings. The fourth-order valence-electron chi connectivity index (χ4n) is 2.36. The number of carbonyl (C=O) groups excluding carboxylic acids is 1. The van der Waals surface area contributed by atoms with Crippen molar-refractivity contribution >= 4 is 6.03 Å². The van der Waals surface area contributed by atoms with E-state index in [4.69, 9.17) is 4.42 Å². The molecule has 1 aromatic carbocycles. The van der Waals surface area contributed by atoms with Crippen molar-refractivity contribution in [2.24, 2.45) is 0 Å². The fourth-order valence-corrected chi connectivity index (χ4v) is 2.36. The summed E-state index contributed by atoms with van der Waals surface area (Å²) in [6.45, 7) is 5.91. The average molecular weight is 316 g/mol. The maximum atomic E-state index is 12.6. The zero-order chi connectivity index (χ0) is 16.9. The highest BCUT2D eigenvalue weighted by Gasteiger charge is 2.24. The van der Waals surface area contributed by atoms with E-state index in [2.05, 4.69) is 5.32 Å². The molecule has 0 radical (unpaired) electrons. The summed E-state index contributed by atoms with van der Waals surface area (Å²) >= 11 is 0. The highest BCUT2D eigenvalue weighted by Crippen LogP contribution is 2.15. The Morgan fingerprint density at radius 1 is 1.26 bits per heavy atom. The summed E-state index contributed by atoms with van der Waals surface area (Å²) in [5.74, 6) is 0.696. The lowest BCUT2D eigenvalue weighted by atomic mass is 10.1. The minimum atomic E-state index is -0.972. The van der Waals surface area contributed by atoms with E-state index < -0.39 is 5.60 Å². The van der Waals surface area contributed by atoms with Crippen molar-refractivity contribution in [1.29, 1.82) is 0 Å². The van der Waals surface area contributed by atoms with Crippen LogP contribution < -0.4 is 5.32 Å². The molecular weight excluding hydrogens is 292 g/mol. The molecule has 124 valence electrons. The Bertz CT molecular complexity index is 603. The van der Waals surface area contributed by atoms with Crippen molar-refractivity contribution in [2.75, 3.05) is 6.54 Å². The normalized spacial score (nSPS) is 12.7.